The normalized spacial score (nSPS) is 10.8. The Bertz CT molecular complexity index is 950. The maximum Gasteiger partial charge on any atom is 0.276 e. The predicted octanol–water partition coefficient (Wildman–Crippen LogP) is 3.01. The maximum atomic E-state index is 12.9. The Hall–Kier alpha value is -2.60. The Morgan fingerprint density at radius 1 is 1.17 bits per heavy atom. The molecule has 0 aliphatic heterocycles. The van der Waals surface area contributed by atoms with Crippen molar-refractivity contribution in [2.75, 3.05) is 0 Å². The largest absolute Gasteiger partial charge is 0.361 e. The molecule has 1 amide bonds. The molecule has 2 aromatic carbocycles. The van der Waals surface area contributed by atoms with Crippen LogP contribution >= 0.6 is 11.8 Å². The molecular formula is C17H15N3O2S. The fourth-order valence-corrected chi connectivity index (χ4v) is 2.94. The van der Waals surface area contributed by atoms with Crippen molar-refractivity contribution in [2.24, 2.45) is 5.73 Å². The average Bonchev–Trinajstić information content (AvgIpc) is 2.54. The zero-order valence-corrected chi connectivity index (χ0v) is 13.3. The SMILES string of the molecule is Cc1ccccc1-n1c(CSC(N)=O)nc2ccccc2c1=O. The molecule has 0 saturated carbocycles. The number of hydrogen-bond acceptors (Lipinski definition) is 4. The van der Waals surface area contributed by atoms with Crippen LogP contribution in [0.15, 0.2) is 53.3 Å². The van der Waals surface area contributed by atoms with Crippen molar-refractivity contribution in [1.29, 1.82) is 0 Å². The summed E-state index contributed by atoms with van der Waals surface area (Å²) in [5.41, 5.74) is 7.40. The number of para-hydroxylation sites is 2. The smallest absolute Gasteiger partial charge is 0.276 e. The lowest BCUT2D eigenvalue weighted by atomic mass is 10.2. The highest BCUT2D eigenvalue weighted by molar-refractivity contribution is 8.12. The number of fused-ring (bicyclic) bond motifs is 1. The average molecular weight is 325 g/mol. The zero-order valence-electron chi connectivity index (χ0n) is 12.5. The second kappa shape index (κ2) is 6.26. The van der Waals surface area contributed by atoms with Crippen molar-refractivity contribution in [3.63, 3.8) is 0 Å². The zero-order chi connectivity index (χ0) is 16.4. The standard InChI is InChI=1S/C17H15N3O2S/c1-11-6-2-5-9-14(11)20-15(10-23-17(18)22)19-13-8-4-3-7-12(13)16(20)21/h2-9H,10H2,1H3,(H2,18,22). The number of amides is 1. The monoisotopic (exact) mass is 325 g/mol. The number of carbonyl (C=O) groups excluding carboxylic acids is 1. The summed E-state index contributed by atoms with van der Waals surface area (Å²) in [5, 5.41) is 0.0484. The molecule has 0 atom stereocenters. The molecule has 1 heterocycles. The Morgan fingerprint density at radius 3 is 2.61 bits per heavy atom. The van der Waals surface area contributed by atoms with Gasteiger partial charge in [0.05, 0.1) is 22.3 Å². The molecule has 3 rings (SSSR count). The molecule has 6 heteroatoms. The Balaban J connectivity index is 2.30. The van der Waals surface area contributed by atoms with Crippen LogP contribution in [-0.2, 0) is 5.75 Å². The molecular weight excluding hydrogens is 310 g/mol. The molecule has 0 spiro atoms. The van der Waals surface area contributed by atoms with E-state index in [1.807, 2.05) is 43.3 Å². The van der Waals surface area contributed by atoms with Crippen molar-refractivity contribution in [1.82, 2.24) is 9.55 Å². The summed E-state index contributed by atoms with van der Waals surface area (Å²) in [7, 11) is 0. The topological polar surface area (TPSA) is 78.0 Å². The number of aromatic nitrogens is 2. The third-order valence-electron chi connectivity index (χ3n) is 3.55. The highest BCUT2D eigenvalue weighted by Crippen LogP contribution is 2.19. The molecule has 0 unspecified atom stereocenters. The van der Waals surface area contributed by atoms with Crippen LogP contribution in [0.25, 0.3) is 16.6 Å². The minimum Gasteiger partial charge on any atom is -0.361 e. The fraction of sp³-hybridized carbons (Fsp3) is 0.118. The summed E-state index contributed by atoms with van der Waals surface area (Å²) in [6.07, 6.45) is 0. The number of benzene rings is 2. The first-order chi connectivity index (χ1) is 11.1. The lowest BCUT2D eigenvalue weighted by Gasteiger charge is -2.14. The molecule has 5 nitrogen and oxygen atoms in total. The van der Waals surface area contributed by atoms with Crippen LogP contribution in [0.5, 0.6) is 0 Å². The molecule has 0 radical (unpaired) electrons. The van der Waals surface area contributed by atoms with Gasteiger partial charge >= 0.3 is 0 Å². The van der Waals surface area contributed by atoms with Gasteiger partial charge in [0.15, 0.2) is 0 Å². The van der Waals surface area contributed by atoms with E-state index < -0.39 is 5.24 Å². The van der Waals surface area contributed by atoms with Crippen LogP contribution in [0.2, 0.25) is 0 Å². The van der Waals surface area contributed by atoms with Gasteiger partial charge in [0.1, 0.15) is 5.82 Å². The van der Waals surface area contributed by atoms with E-state index in [1.54, 1.807) is 16.7 Å². The Kier molecular flexibility index (Phi) is 4.16. The number of primary amides is 1. The summed E-state index contributed by atoms with van der Waals surface area (Å²) in [6.45, 7) is 1.93. The van der Waals surface area contributed by atoms with Crippen LogP contribution in [-0.4, -0.2) is 14.8 Å². The van der Waals surface area contributed by atoms with Gasteiger partial charge in [0.2, 0.25) is 0 Å². The van der Waals surface area contributed by atoms with Crippen LogP contribution in [0.4, 0.5) is 4.79 Å². The number of nitrogens with zero attached hydrogens (tertiary/aromatic N) is 2. The number of rotatable bonds is 3. The van der Waals surface area contributed by atoms with Crippen molar-refractivity contribution < 1.29 is 4.79 Å². The van der Waals surface area contributed by atoms with Gasteiger partial charge in [-0.3, -0.25) is 14.2 Å². The predicted molar refractivity (Wildman–Crippen MR) is 93.0 cm³/mol. The van der Waals surface area contributed by atoms with Crippen LogP contribution < -0.4 is 11.3 Å². The number of aryl methyl sites for hydroxylation is 1. The van der Waals surface area contributed by atoms with Crippen molar-refractivity contribution in [3.05, 3.63) is 70.3 Å². The van der Waals surface area contributed by atoms with Gasteiger partial charge in [-0.15, -0.1) is 0 Å². The molecule has 0 saturated heterocycles. The first-order valence-corrected chi connectivity index (χ1v) is 8.05. The van der Waals surface area contributed by atoms with Gasteiger partial charge in [-0.2, -0.15) is 0 Å². The second-order valence-corrected chi connectivity index (χ2v) is 6.06. The van der Waals surface area contributed by atoms with Gasteiger partial charge in [0.25, 0.3) is 10.8 Å². The van der Waals surface area contributed by atoms with Gasteiger partial charge in [-0.05, 0) is 30.7 Å². The number of carbonyl (C=O) groups is 1. The Morgan fingerprint density at radius 2 is 1.87 bits per heavy atom. The molecule has 2 N–H and O–H groups in total. The first-order valence-electron chi connectivity index (χ1n) is 7.07. The summed E-state index contributed by atoms with van der Waals surface area (Å²) < 4.78 is 1.56. The summed E-state index contributed by atoms with van der Waals surface area (Å²) >= 11 is 0.933. The van der Waals surface area contributed by atoms with Gasteiger partial charge < -0.3 is 5.73 Å². The maximum absolute atomic E-state index is 12.9. The van der Waals surface area contributed by atoms with E-state index in [9.17, 15) is 9.59 Å². The highest BCUT2D eigenvalue weighted by Gasteiger charge is 2.14. The molecule has 3 aromatic rings. The van der Waals surface area contributed by atoms with E-state index in [-0.39, 0.29) is 11.3 Å². The molecule has 1 aromatic heterocycles. The van der Waals surface area contributed by atoms with E-state index in [1.165, 1.54) is 0 Å². The molecule has 0 aliphatic rings. The first kappa shape index (κ1) is 15.3. The van der Waals surface area contributed by atoms with Gasteiger partial charge in [-0.1, -0.05) is 42.1 Å². The number of nitrogens with two attached hydrogens (primary N) is 1. The summed E-state index contributed by atoms with van der Waals surface area (Å²) in [4.78, 5) is 28.6. The minimum absolute atomic E-state index is 0.148. The molecule has 0 bridgehead atoms. The van der Waals surface area contributed by atoms with E-state index in [0.29, 0.717) is 16.7 Å². The highest BCUT2D eigenvalue weighted by atomic mass is 32.2. The van der Waals surface area contributed by atoms with Crippen molar-refractivity contribution in [3.8, 4) is 5.69 Å². The molecule has 116 valence electrons. The third kappa shape index (κ3) is 2.98. The van der Waals surface area contributed by atoms with E-state index in [0.717, 1.165) is 23.0 Å². The molecule has 0 aliphatic carbocycles. The van der Waals surface area contributed by atoms with Crippen molar-refractivity contribution >= 4 is 27.9 Å². The quantitative estimate of drug-likeness (QED) is 0.803. The van der Waals surface area contributed by atoms with Crippen molar-refractivity contribution in [2.45, 2.75) is 12.7 Å². The lowest BCUT2D eigenvalue weighted by molar-refractivity contribution is 0.267. The summed E-state index contributed by atoms with van der Waals surface area (Å²) in [5.74, 6) is 0.746. The van der Waals surface area contributed by atoms with E-state index >= 15 is 0 Å². The Labute approximate surface area is 137 Å². The minimum atomic E-state index is -0.497. The number of hydrogen-bond donors (Lipinski definition) is 1. The van der Waals surface area contributed by atoms with Crippen LogP contribution in [0.3, 0.4) is 0 Å². The van der Waals surface area contributed by atoms with E-state index in [4.69, 9.17) is 5.73 Å². The van der Waals surface area contributed by atoms with Gasteiger partial charge in [0, 0.05) is 0 Å². The summed E-state index contributed by atoms with van der Waals surface area (Å²) in [6, 6.07) is 14.8. The number of thioether (sulfide) groups is 1. The van der Waals surface area contributed by atoms with Crippen LogP contribution in [0, 0.1) is 6.92 Å². The van der Waals surface area contributed by atoms with Gasteiger partial charge in [-0.25, -0.2) is 4.98 Å². The fourth-order valence-electron chi connectivity index (χ4n) is 2.47. The second-order valence-electron chi connectivity index (χ2n) is 5.08. The molecule has 23 heavy (non-hydrogen) atoms. The van der Waals surface area contributed by atoms with E-state index in [2.05, 4.69) is 4.98 Å². The van der Waals surface area contributed by atoms with Crippen LogP contribution in [0.1, 0.15) is 11.4 Å². The lowest BCUT2D eigenvalue weighted by Crippen LogP contribution is -2.24. The third-order valence-corrected chi connectivity index (χ3v) is 4.23. The molecule has 0 fully saturated rings.